The van der Waals surface area contributed by atoms with E-state index in [0.717, 1.165) is 40.7 Å². The molecule has 0 saturated carbocycles. The van der Waals surface area contributed by atoms with Crippen molar-refractivity contribution in [2.24, 2.45) is 0 Å². The predicted molar refractivity (Wildman–Crippen MR) is 102 cm³/mol. The van der Waals surface area contributed by atoms with E-state index in [-0.39, 0.29) is 5.75 Å². The number of phenols is 1. The molecule has 3 aromatic rings. The first kappa shape index (κ1) is 16.8. The third kappa shape index (κ3) is 3.41. The quantitative estimate of drug-likeness (QED) is 0.652. The summed E-state index contributed by atoms with van der Waals surface area (Å²) in [6, 6.07) is 22.2. The summed E-state index contributed by atoms with van der Waals surface area (Å²) in [6.45, 7) is 4.03. The lowest BCUT2D eigenvalue weighted by Crippen LogP contribution is -1.95. The van der Waals surface area contributed by atoms with Gasteiger partial charge in [-0.2, -0.15) is 5.26 Å². The summed E-state index contributed by atoms with van der Waals surface area (Å²) in [5, 5.41) is 19.6. The monoisotopic (exact) mass is 327 g/mol. The van der Waals surface area contributed by atoms with Crippen LogP contribution in [-0.2, 0) is 6.42 Å². The van der Waals surface area contributed by atoms with Crippen molar-refractivity contribution in [3.8, 4) is 34.1 Å². The Morgan fingerprint density at radius 2 is 1.72 bits per heavy atom. The smallest absolute Gasteiger partial charge is 0.118 e. The van der Waals surface area contributed by atoms with Gasteiger partial charge >= 0.3 is 0 Å². The molecule has 3 aromatic carbocycles. The van der Waals surface area contributed by atoms with Crippen LogP contribution in [0.3, 0.4) is 0 Å². The molecule has 0 aliphatic rings. The molecule has 0 bridgehead atoms. The average molecular weight is 327 g/mol. The zero-order valence-electron chi connectivity index (χ0n) is 14.6. The summed E-state index contributed by atoms with van der Waals surface area (Å²) in [5.41, 5.74) is 6.73. The van der Waals surface area contributed by atoms with E-state index in [4.69, 9.17) is 0 Å². The zero-order chi connectivity index (χ0) is 17.8. The average Bonchev–Trinajstić information content (AvgIpc) is 2.64. The van der Waals surface area contributed by atoms with Gasteiger partial charge in [-0.15, -0.1) is 0 Å². The molecule has 0 fully saturated rings. The van der Waals surface area contributed by atoms with Crippen LogP contribution in [0.2, 0.25) is 0 Å². The lowest BCUT2D eigenvalue weighted by molar-refractivity contribution is 0.471. The third-order valence-corrected chi connectivity index (χ3v) is 4.43. The summed E-state index contributed by atoms with van der Waals surface area (Å²) in [6.07, 6.45) is 1.97. The molecule has 0 amide bonds. The van der Waals surface area contributed by atoms with E-state index >= 15 is 0 Å². The molecule has 25 heavy (non-hydrogen) atoms. The van der Waals surface area contributed by atoms with Gasteiger partial charge in [-0.05, 0) is 59.4 Å². The Morgan fingerprint density at radius 1 is 0.960 bits per heavy atom. The number of hydrogen-bond acceptors (Lipinski definition) is 2. The minimum Gasteiger partial charge on any atom is -0.508 e. The number of phenolic OH excluding ortho intramolecular Hbond substituents is 1. The fraction of sp³-hybridized carbons (Fsp3) is 0.174. The van der Waals surface area contributed by atoms with Crippen molar-refractivity contribution >= 4 is 0 Å². The molecular weight excluding hydrogens is 306 g/mol. The highest BCUT2D eigenvalue weighted by Crippen LogP contribution is 2.37. The van der Waals surface area contributed by atoms with Crippen LogP contribution in [0.5, 0.6) is 5.75 Å². The van der Waals surface area contributed by atoms with Gasteiger partial charge in [0.25, 0.3) is 0 Å². The Labute approximate surface area is 149 Å². The first-order valence-electron chi connectivity index (χ1n) is 8.56. The van der Waals surface area contributed by atoms with Crippen LogP contribution in [0, 0.1) is 18.3 Å². The van der Waals surface area contributed by atoms with Gasteiger partial charge in [-0.3, -0.25) is 0 Å². The van der Waals surface area contributed by atoms with Crippen molar-refractivity contribution in [2.45, 2.75) is 26.7 Å². The van der Waals surface area contributed by atoms with Crippen LogP contribution in [-0.4, -0.2) is 5.11 Å². The van der Waals surface area contributed by atoms with Crippen LogP contribution in [0.1, 0.15) is 30.0 Å². The highest BCUT2D eigenvalue weighted by molar-refractivity contribution is 5.88. The Morgan fingerprint density at radius 3 is 2.36 bits per heavy atom. The van der Waals surface area contributed by atoms with Gasteiger partial charge in [-0.1, -0.05) is 55.8 Å². The summed E-state index contributed by atoms with van der Waals surface area (Å²) in [5.74, 6) is 0.287. The standard InChI is InChI=1S/C23H21NO/c1-3-7-17-13-20(15-24)23(18-8-5-4-6-9-18)21(14-17)19-10-11-22(25)16(2)12-19/h4-6,8-14,25H,3,7H2,1-2H3. The molecule has 2 nitrogen and oxygen atoms in total. The van der Waals surface area contributed by atoms with Crippen LogP contribution in [0.4, 0.5) is 0 Å². The second kappa shape index (κ2) is 7.23. The fourth-order valence-electron chi connectivity index (χ4n) is 3.19. The second-order valence-electron chi connectivity index (χ2n) is 6.30. The van der Waals surface area contributed by atoms with Crippen molar-refractivity contribution in [3.63, 3.8) is 0 Å². The van der Waals surface area contributed by atoms with E-state index in [1.165, 1.54) is 5.56 Å². The number of rotatable bonds is 4. The fourth-order valence-corrected chi connectivity index (χ4v) is 3.19. The first-order valence-corrected chi connectivity index (χ1v) is 8.56. The van der Waals surface area contributed by atoms with Crippen LogP contribution in [0.25, 0.3) is 22.3 Å². The summed E-state index contributed by atoms with van der Waals surface area (Å²) >= 11 is 0. The molecule has 0 aliphatic carbocycles. The number of nitriles is 1. The van der Waals surface area contributed by atoms with Crippen LogP contribution < -0.4 is 0 Å². The van der Waals surface area contributed by atoms with Crippen LogP contribution in [0.15, 0.2) is 60.7 Å². The Balaban J connectivity index is 2.32. The predicted octanol–water partition coefficient (Wildman–Crippen LogP) is 5.86. The van der Waals surface area contributed by atoms with Crippen LogP contribution >= 0.6 is 0 Å². The van der Waals surface area contributed by atoms with Crippen molar-refractivity contribution < 1.29 is 5.11 Å². The van der Waals surface area contributed by atoms with E-state index in [1.807, 2.05) is 55.5 Å². The van der Waals surface area contributed by atoms with Crippen molar-refractivity contribution in [3.05, 3.63) is 77.4 Å². The summed E-state index contributed by atoms with van der Waals surface area (Å²) in [7, 11) is 0. The molecule has 124 valence electrons. The largest absolute Gasteiger partial charge is 0.508 e. The topological polar surface area (TPSA) is 44.0 Å². The molecule has 0 aromatic heterocycles. The van der Waals surface area contributed by atoms with E-state index < -0.39 is 0 Å². The molecular formula is C23H21NO. The molecule has 0 spiro atoms. The van der Waals surface area contributed by atoms with Gasteiger partial charge in [0, 0.05) is 5.56 Å². The van der Waals surface area contributed by atoms with Gasteiger partial charge in [0.15, 0.2) is 0 Å². The molecule has 3 rings (SSSR count). The van der Waals surface area contributed by atoms with Gasteiger partial charge in [0.05, 0.1) is 11.6 Å². The number of nitrogens with zero attached hydrogens (tertiary/aromatic N) is 1. The van der Waals surface area contributed by atoms with Gasteiger partial charge in [-0.25, -0.2) is 0 Å². The van der Waals surface area contributed by atoms with Gasteiger partial charge in [0.1, 0.15) is 5.75 Å². The van der Waals surface area contributed by atoms with Crippen molar-refractivity contribution in [2.75, 3.05) is 0 Å². The number of benzene rings is 3. The maximum Gasteiger partial charge on any atom is 0.118 e. The molecule has 0 unspecified atom stereocenters. The highest BCUT2D eigenvalue weighted by Gasteiger charge is 2.15. The first-order chi connectivity index (χ1) is 12.1. The van der Waals surface area contributed by atoms with E-state index in [2.05, 4.69) is 19.1 Å². The second-order valence-corrected chi connectivity index (χ2v) is 6.30. The molecule has 0 heterocycles. The molecule has 0 aliphatic heterocycles. The van der Waals surface area contributed by atoms with E-state index in [1.54, 1.807) is 6.07 Å². The minimum absolute atomic E-state index is 0.287. The number of aryl methyl sites for hydroxylation is 2. The zero-order valence-corrected chi connectivity index (χ0v) is 14.6. The Bertz CT molecular complexity index is 936. The van der Waals surface area contributed by atoms with Gasteiger partial charge < -0.3 is 5.11 Å². The molecule has 2 heteroatoms. The van der Waals surface area contributed by atoms with Crippen molar-refractivity contribution in [1.82, 2.24) is 0 Å². The molecule has 0 atom stereocenters. The summed E-state index contributed by atoms with van der Waals surface area (Å²) < 4.78 is 0. The van der Waals surface area contributed by atoms with E-state index in [9.17, 15) is 10.4 Å². The Kier molecular flexibility index (Phi) is 4.86. The maximum atomic E-state index is 9.86. The molecule has 0 radical (unpaired) electrons. The number of hydrogen-bond donors (Lipinski definition) is 1. The Hall–Kier alpha value is -3.05. The normalized spacial score (nSPS) is 10.4. The summed E-state index contributed by atoms with van der Waals surface area (Å²) in [4.78, 5) is 0. The SMILES string of the molecule is CCCc1cc(C#N)c(-c2ccccc2)c(-c2ccc(O)c(C)c2)c1. The van der Waals surface area contributed by atoms with Gasteiger partial charge in [0.2, 0.25) is 0 Å². The third-order valence-electron chi connectivity index (χ3n) is 4.43. The minimum atomic E-state index is 0.287. The lowest BCUT2D eigenvalue weighted by atomic mass is 9.87. The molecule has 1 N–H and O–H groups in total. The number of aromatic hydroxyl groups is 1. The van der Waals surface area contributed by atoms with E-state index in [0.29, 0.717) is 5.56 Å². The molecule has 0 saturated heterocycles. The lowest BCUT2D eigenvalue weighted by Gasteiger charge is -2.15. The highest BCUT2D eigenvalue weighted by atomic mass is 16.3. The van der Waals surface area contributed by atoms with Crippen molar-refractivity contribution in [1.29, 1.82) is 5.26 Å². The maximum absolute atomic E-state index is 9.86.